The number of rotatable bonds is 4. The minimum atomic E-state index is 0.120. The lowest BCUT2D eigenvalue weighted by atomic mass is 9.61. The molecule has 33 heavy (non-hydrogen) atoms. The van der Waals surface area contributed by atoms with Crippen LogP contribution in [0.15, 0.2) is 60.7 Å². The molecule has 1 heterocycles. The van der Waals surface area contributed by atoms with Crippen molar-refractivity contribution in [1.82, 2.24) is 4.90 Å². The number of nitrogens with two attached hydrogens (primary N) is 1. The molecule has 1 aliphatic heterocycles. The van der Waals surface area contributed by atoms with Crippen molar-refractivity contribution in [2.45, 2.75) is 63.8 Å². The molecule has 0 radical (unpaired) electrons. The minimum Gasteiger partial charge on any atom is -0.365 e. The molecule has 4 aliphatic carbocycles. The van der Waals surface area contributed by atoms with Crippen LogP contribution in [0.25, 0.3) is 0 Å². The summed E-state index contributed by atoms with van der Waals surface area (Å²) in [6, 6.07) is 22.9. The molecule has 3 heteroatoms. The number of likely N-dealkylation sites (tertiary alicyclic amines) is 1. The summed E-state index contributed by atoms with van der Waals surface area (Å²) in [6.07, 6.45) is 7.45. The molecule has 0 aromatic heterocycles. The Hall–Kier alpha value is -1.71. The van der Waals surface area contributed by atoms with Crippen LogP contribution in [0.1, 0.15) is 57.1 Å². The van der Waals surface area contributed by atoms with Crippen molar-refractivity contribution >= 4 is 17.2 Å². The van der Waals surface area contributed by atoms with E-state index < -0.39 is 0 Å². The highest BCUT2D eigenvalue weighted by molar-refractivity contribution is 7.80. The van der Waals surface area contributed by atoms with Crippen LogP contribution in [0.4, 0.5) is 0 Å². The van der Waals surface area contributed by atoms with Gasteiger partial charge in [0, 0.05) is 24.5 Å². The van der Waals surface area contributed by atoms with Gasteiger partial charge in [-0.05, 0) is 78.2 Å². The van der Waals surface area contributed by atoms with Crippen LogP contribution in [-0.2, 0) is 11.8 Å². The molecule has 6 atom stereocenters. The maximum atomic E-state index is 6.50. The number of piperidine rings is 1. The van der Waals surface area contributed by atoms with Crippen LogP contribution in [0.2, 0.25) is 0 Å². The second-order valence-corrected chi connectivity index (χ2v) is 12.8. The summed E-state index contributed by atoms with van der Waals surface area (Å²) in [5, 5.41) is 0. The second kappa shape index (κ2) is 7.65. The first-order valence-electron chi connectivity index (χ1n) is 13.0. The Morgan fingerprint density at radius 3 is 2.39 bits per heavy atom. The lowest BCUT2D eigenvalue weighted by Crippen LogP contribution is -2.56. The molecule has 5 fully saturated rings. The molecule has 1 saturated heterocycles. The fourth-order valence-electron chi connectivity index (χ4n) is 8.55. The maximum absolute atomic E-state index is 6.50. The molecule has 7 rings (SSSR count). The van der Waals surface area contributed by atoms with E-state index in [0.717, 1.165) is 31.3 Å². The van der Waals surface area contributed by atoms with E-state index in [4.69, 9.17) is 18.0 Å². The summed E-state index contributed by atoms with van der Waals surface area (Å²) in [4.78, 5) is 3.87. The first-order valence-corrected chi connectivity index (χ1v) is 13.4. The van der Waals surface area contributed by atoms with E-state index in [-0.39, 0.29) is 16.9 Å². The third kappa shape index (κ3) is 3.33. The van der Waals surface area contributed by atoms with Crippen LogP contribution in [0.5, 0.6) is 0 Å². The SMILES string of the molecule is CC1(C)CN(C(=S)C23CC4CC(c5ccccc5)(CC2C4Cc2ccccc2)C3)CC[C@@H]1N. The van der Waals surface area contributed by atoms with Crippen molar-refractivity contribution in [3.63, 3.8) is 0 Å². The molecule has 5 aliphatic rings. The highest BCUT2D eigenvalue weighted by Crippen LogP contribution is 2.73. The van der Waals surface area contributed by atoms with E-state index in [0.29, 0.717) is 11.3 Å². The van der Waals surface area contributed by atoms with Crippen LogP contribution in [0, 0.1) is 28.6 Å². The van der Waals surface area contributed by atoms with Gasteiger partial charge in [-0.1, -0.05) is 86.7 Å². The van der Waals surface area contributed by atoms with Crippen molar-refractivity contribution in [1.29, 1.82) is 0 Å². The van der Waals surface area contributed by atoms with Crippen LogP contribution < -0.4 is 5.73 Å². The van der Waals surface area contributed by atoms with Crippen LogP contribution >= 0.6 is 12.2 Å². The van der Waals surface area contributed by atoms with E-state index in [1.54, 1.807) is 5.56 Å². The summed E-state index contributed by atoms with van der Waals surface area (Å²) in [5.41, 5.74) is 10.2. The van der Waals surface area contributed by atoms with Crippen molar-refractivity contribution in [3.8, 4) is 0 Å². The highest BCUT2D eigenvalue weighted by atomic mass is 32.1. The molecule has 174 valence electrons. The fraction of sp³-hybridized carbons (Fsp3) is 0.567. The van der Waals surface area contributed by atoms with Gasteiger partial charge >= 0.3 is 0 Å². The average molecular weight is 459 g/mol. The van der Waals surface area contributed by atoms with E-state index in [1.165, 1.54) is 42.7 Å². The molecule has 0 amide bonds. The number of nitrogens with zero attached hydrogens (tertiary/aromatic N) is 1. The lowest BCUT2D eigenvalue weighted by Gasteiger charge is -2.49. The number of hydrogen-bond acceptors (Lipinski definition) is 2. The van der Waals surface area contributed by atoms with Crippen molar-refractivity contribution in [2.75, 3.05) is 13.1 Å². The Morgan fingerprint density at radius 1 is 1.00 bits per heavy atom. The quantitative estimate of drug-likeness (QED) is 0.571. The third-order valence-electron chi connectivity index (χ3n) is 10.1. The molecule has 4 bridgehead atoms. The molecular formula is C30H38N2S. The Balaban J connectivity index is 1.36. The Labute approximate surface area is 204 Å². The van der Waals surface area contributed by atoms with Gasteiger partial charge in [0.1, 0.15) is 0 Å². The van der Waals surface area contributed by atoms with Crippen molar-refractivity contribution in [2.24, 2.45) is 34.3 Å². The molecule has 2 aromatic carbocycles. The number of benzene rings is 2. The Kier molecular flexibility index (Phi) is 5.05. The van der Waals surface area contributed by atoms with Gasteiger partial charge in [-0.25, -0.2) is 0 Å². The van der Waals surface area contributed by atoms with Crippen LogP contribution in [-0.4, -0.2) is 29.0 Å². The van der Waals surface area contributed by atoms with E-state index in [2.05, 4.69) is 79.4 Å². The molecule has 2 aromatic rings. The number of thiocarbonyl (C=S) groups is 1. The van der Waals surface area contributed by atoms with E-state index in [1.807, 2.05) is 0 Å². The third-order valence-corrected chi connectivity index (χ3v) is 10.8. The zero-order chi connectivity index (χ0) is 22.8. The maximum Gasteiger partial charge on any atom is 0.0845 e. The van der Waals surface area contributed by atoms with Gasteiger partial charge < -0.3 is 10.6 Å². The fourth-order valence-corrected chi connectivity index (χ4v) is 9.01. The smallest absolute Gasteiger partial charge is 0.0845 e. The topological polar surface area (TPSA) is 29.3 Å². The van der Waals surface area contributed by atoms with Gasteiger partial charge in [0.05, 0.1) is 4.99 Å². The standard InChI is InChI=1S/C30H38N2S/c1-28(2)20-32(14-13-26(28)31)27(33)30-17-22-16-29(19-30,23-11-7-4-8-12-23)18-25(30)24(22)15-21-9-5-3-6-10-21/h3-12,22,24-26H,13-20,31H2,1-2H3/t22?,24?,25?,26-,29?,30?/m0/s1. The molecule has 2 N–H and O–H groups in total. The predicted molar refractivity (Wildman–Crippen MR) is 140 cm³/mol. The number of hydrogen-bond donors (Lipinski definition) is 1. The van der Waals surface area contributed by atoms with E-state index >= 15 is 0 Å². The van der Waals surface area contributed by atoms with Gasteiger partial charge in [-0.2, -0.15) is 0 Å². The van der Waals surface area contributed by atoms with Gasteiger partial charge in [-0.3, -0.25) is 0 Å². The molecule has 2 nitrogen and oxygen atoms in total. The normalized spacial score (nSPS) is 38.6. The van der Waals surface area contributed by atoms with Gasteiger partial charge in [-0.15, -0.1) is 0 Å². The zero-order valence-electron chi connectivity index (χ0n) is 20.2. The lowest BCUT2D eigenvalue weighted by molar-refractivity contribution is 0.133. The van der Waals surface area contributed by atoms with E-state index in [9.17, 15) is 0 Å². The van der Waals surface area contributed by atoms with Crippen molar-refractivity contribution < 1.29 is 0 Å². The summed E-state index contributed by atoms with van der Waals surface area (Å²) < 4.78 is 0. The summed E-state index contributed by atoms with van der Waals surface area (Å²) in [6.45, 7) is 6.69. The minimum absolute atomic E-state index is 0.120. The predicted octanol–water partition coefficient (Wildman–Crippen LogP) is 5.99. The monoisotopic (exact) mass is 458 g/mol. The molecule has 0 spiro atoms. The Bertz CT molecular complexity index is 1030. The molecule has 5 unspecified atom stereocenters. The van der Waals surface area contributed by atoms with Crippen LogP contribution in [0.3, 0.4) is 0 Å². The Morgan fingerprint density at radius 2 is 1.70 bits per heavy atom. The van der Waals surface area contributed by atoms with Gasteiger partial charge in [0.2, 0.25) is 0 Å². The largest absolute Gasteiger partial charge is 0.365 e. The first kappa shape index (κ1) is 21.8. The summed E-state index contributed by atoms with van der Waals surface area (Å²) >= 11 is 6.48. The zero-order valence-corrected chi connectivity index (χ0v) is 21.0. The molecule has 4 saturated carbocycles. The summed E-state index contributed by atoms with van der Waals surface area (Å²) in [7, 11) is 0. The average Bonchev–Trinajstić information content (AvgIpc) is 3.19. The second-order valence-electron chi connectivity index (χ2n) is 12.4. The first-order chi connectivity index (χ1) is 15.8. The summed E-state index contributed by atoms with van der Waals surface area (Å²) in [5.74, 6) is 2.23. The van der Waals surface area contributed by atoms with Gasteiger partial charge in [0.25, 0.3) is 0 Å². The highest BCUT2D eigenvalue weighted by Gasteiger charge is 2.69. The van der Waals surface area contributed by atoms with Crippen molar-refractivity contribution in [3.05, 3.63) is 71.8 Å². The molecular weight excluding hydrogens is 420 g/mol. The van der Waals surface area contributed by atoms with Gasteiger partial charge in [0.15, 0.2) is 0 Å².